The highest BCUT2D eigenvalue weighted by molar-refractivity contribution is 5.99. The van der Waals surface area contributed by atoms with Gasteiger partial charge < -0.3 is 35.3 Å². The molecule has 15 heteroatoms. The van der Waals surface area contributed by atoms with Crippen molar-refractivity contribution < 1.29 is 33.0 Å². The molecule has 4 N–H and O–H groups in total. The topological polar surface area (TPSA) is 158 Å². The van der Waals surface area contributed by atoms with Gasteiger partial charge in [-0.05, 0) is 62.6 Å². The summed E-state index contributed by atoms with van der Waals surface area (Å²) in [6.07, 6.45) is 3.88. The van der Waals surface area contributed by atoms with Gasteiger partial charge in [-0.3, -0.25) is 19.2 Å². The second-order valence-electron chi connectivity index (χ2n) is 13.1. The normalized spacial score (nSPS) is 14.2. The van der Waals surface area contributed by atoms with Crippen LogP contribution >= 0.6 is 24.8 Å². The molecule has 284 valence electrons. The smallest absolute Gasteiger partial charge is 0.250 e. The molecule has 12 nitrogen and oxygen atoms in total. The zero-order chi connectivity index (χ0) is 36.5. The zero-order valence-corrected chi connectivity index (χ0v) is 31.3. The molecule has 1 aliphatic rings. The number of anilines is 1. The minimum Gasteiger partial charge on any atom is -0.496 e. The number of likely N-dealkylation sites (tertiary alicyclic amines) is 1. The highest BCUT2D eigenvalue weighted by atomic mass is 35.5. The van der Waals surface area contributed by atoms with Gasteiger partial charge in [0, 0.05) is 36.3 Å². The van der Waals surface area contributed by atoms with Crippen LogP contribution in [0.5, 0.6) is 5.75 Å². The van der Waals surface area contributed by atoms with Crippen LogP contribution in [-0.4, -0.2) is 76.3 Å². The predicted molar refractivity (Wildman–Crippen MR) is 203 cm³/mol. The molecule has 0 radical (unpaired) electrons. The SMILES string of the molecule is COc1ccccc1C(C(=O)N1CCC(C(=O)c2ccc(F)cc2)CC1)n1cnc(NC(=O)[C@@H](COCc2ccccc2)NC(=O)C(C)(C)N)c1.Cl.Cl. The minimum atomic E-state index is -1.25. The summed E-state index contributed by atoms with van der Waals surface area (Å²) in [6.45, 7) is 3.83. The molecule has 1 aromatic heterocycles. The van der Waals surface area contributed by atoms with E-state index in [1.807, 2.05) is 30.3 Å². The number of amides is 3. The van der Waals surface area contributed by atoms with E-state index < -0.39 is 35.3 Å². The van der Waals surface area contributed by atoms with E-state index in [1.54, 1.807) is 33.7 Å². The number of ketones is 1. The molecule has 2 atom stereocenters. The Morgan fingerprint density at radius 1 is 0.962 bits per heavy atom. The first-order chi connectivity index (χ1) is 24.4. The fourth-order valence-corrected chi connectivity index (χ4v) is 5.85. The third-order valence-corrected chi connectivity index (χ3v) is 8.73. The quantitative estimate of drug-likeness (QED) is 0.152. The van der Waals surface area contributed by atoms with Gasteiger partial charge in [-0.25, -0.2) is 9.37 Å². The van der Waals surface area contributed by atoms with E-state index in [-0.39, 0.29) is 61.5 Å². The molecular weight excluding hydrogens is 726 g/mol. The Kier molecular flexibility index (Phi) is 15.5. The van der Waals surface area contributed by atoms with E-state index in [4.69, 9.17) is 15.2 Å². The molecule has 3 aromatic carbocycles. The summed E-state index contributed by atoms with van der Waals surface area (Å²) in [5.41, 5.74) is 6.66. The first-order valence-electron chi connectivity index (χ1n) is 16.7. The highest BCUT2D eigenvalue weighted by Gasteiger charge is 2.35. The van der Waals surface area contributed by atoms with Gasteiger partial charge >= 0.3 is 0 Å². The molecule has 1 aliphatic heterocycles. The van der Waals surface area contributed by atoms with Crippen LogP contribution in [0, 0.1) is 11.7 Å². The van der Waals surface area contributed by atoms with Gasteiger partial charge in [0.2, 0.25) is 11.8 Å². The van der Waals surface area contributed by atoms with Gasteiger partial charge in [0.1, 0.15) is 23.7 Å². The van der Waals surface area contributed by atoms with Crippen LogP contribution < -0.4 is 21.1 Å². The molecule has 5 rings (SSSR count). The van der Waals surface area contributed by atoms with Crippen molar-refractivity contribution in [3.05, 3.63) is 114 Å². The summed E-state index contributed by atoms with van der Waals surface area (Å²) in [6, 6.07) is 20.0. The van der Waals surface area contributed by atoms with Crippen molar-refractivity contribution in [1.29, 1.82) is 0 Å². The maximum absolute atomic E-state index is 14.3. The molecule has 1 fully saturated rings. The lowest BCUT2D eigenvalue weighted by molar-refractivity contribution is -0.134. The van der Waals surface area contributed by atoms with Crippen molar-refractivity contribution in [3.8, 4) is 5.75 Å². The van der Waals surface area contributed by atoms with Crippen LogP contribution in [0.2, 0.25) is 0 Å². The lowest BCUT2D eigenvalue weighted by atomic mass is 9.88. The number of piperidine rings is 1. The summed E-state index contributed by atoms with van der Waals surface area (Å²) >= 11 is 0. The molecule has 1 saturated heterocycles. The Morgan fingerprint density at radius 2 is 1.60 bits per heavy atom. The van der Waals surface area contributed by atoms with E-state index in [0.717, 1.165) is 5.56 Å². The number of para-hydroxylation sites is 1. The molecule has 0 spiro atoms. The summed E-state index contributed by atoms with van der Waals surface area (Å²) in [5, 5.41) is 5.40. The minimum absolute atomic E-state index is 0. The number of aromatic nitrogens is 2. The van der Waals surface area contributed by atoms with Crippen LogP contribution in [0.1, 0.15) is 54.2 Å². The van der Waals surface area contributed by atoms with Crippen LogP contribution in [0.3, 0.4) is 0 Å². The molecule has 0 aliphatic carbocycles. The molecule has 1 unspecified atom stereocenters. The van der Waals surface area contributed by atoms with E-state index >= 15 is 0 Å². The van der Waals surface area contributed by atoms with Crippen molar-refractivity contribution in [2.24, 2.45) is 11.7 Å². The maximum Gasteiger partial charge on any atom is 0.250 e. The fourth-order valence-electron chi connectivity index (χ4n) is 5.85. The van der Waals surface area contributed by atoms with Crippen molar-refractivity contribution in [1.82, 2.24) is 19.8 Å². The molecule has 0 bridgehead atoms. The molecule has 53 heavy (non-hydrogen) atoms. The Bertz CT molecular complexity index is 1830. The number of rotatable bonds is 14. The number of carbonyl (C=O) groups is 4. The molecular formula is C38H45Cl2FN6O6. The number of imidazole rings is 1. The van der Waals surface area contributed by atoms with Gasteiger partial charge in [0.25, 0.3) is 5.91 Å². The van der Waals surface area contributed by atoms with Crippen molar-refractivity contribution in [2.45, 2.75) is 50.9 Å². The molecule has 4 aromatic rings. The van der Waals surface area contributed by atoms with E-state index in [2.05, 4.69) is 15.6 Å². The number of benzene rings is 3. The van der Waals surface area contributed by atoms with E-state index in [9.17, 15) is 23.6 Å². The van der Waals surface area contributed by atoms with Crippen LogP contribution in [0.25, 0.3) is 0 Å². The Balaban J connectivity index is 0.00000378. The second-order valence-corrected chi connectivity index (χ2v) is 13.1. The van der Waals surface area contributed by atoms with E-state index in [1.165, 1.54) is 57.7 Å². The largest absolute Gasteiger partial charge is 0.496 e. The predicted octanol–water partition coefficient (Wildman–Crippen LogP) is 4.96. The van der Waals surface area contributed by atoms with Gasteiger partial charge in [-0.2, -0.15) is 0 Å². The number of halogens is 3. The van der Waals surface area contributed by atoms with Crippen molar-refractivity contribution in [2.75, 3.05) is 32.1 Å². The van der Waals surface area contributed by atoms with E-state index in [0.29, 0.717) is 42.8 Å². The molecule has 2 heterocycles. The highest BCUT2D eigenvalue weighted by Crippen LogP contribution is 2.32. The number of Topliss-reactive ketones (excluding diaryl/α,β-unsaturated/α-hetero) is 1. The first kappa shape index (κ1) is 42.6. The van der Waals surface area contributed by atoms with Crippen molar-refractivity contribution >= 4 is 54.1 Å². The monoisotopic (exact) mass is 770 g/mol. The average molecular weight is 772 g/mol. The summed E-state index contributed by atoms with van der Waals surface area (Å²) in [4.78, 5) is 59.7. The Hall–Kier alpha value is -4.82. The summed E-state index contributed by atoms with van der Waals surface area (Å²) < 4.78 is 26.4. The number of nitrogens with two attached hydrogens (primary N) is 1. The number of ether oxygens (including phenoxy) is 2. The number of nitrogens with one attached hydrogen (secondary N) is 2. The fraction of sp³-hybridized carbons (Fsp3) is 0.342. The van der Waals surface area contributed by atoms with Gasteiger partial charge in [0.15, 0.2) is 11.6 Å². The van der Waals surface area contributed by atoms with Crippen LogP contribution in [-0.2, 0) is 25.7 Å². The number of methoxy groups -OCH3 is 1. The van der Waals surface area contributed by atoms with Gasteiger partial charge in [0.05, 0.1) is 32.2 Å². The molecule has 0 saturated carbocycles. The third-order valence-electron chi connectivity index (χ3n) is 8.73. The van der Waals surface area contributed by atoms with Gasteiger partial charge in [-0.15, -0.1) is 24.8 Å². The Labute approximate surface area is 320 Å². The summed E-state index contributed by atoms with van der Waals surface area (Å²) in [5.74, 6) is -1.52. The second kappa shape index (κ2) is 19.3. The van der Waals surface area contributed by atoms with Crippen LogP contribution in [0.4, 0.5) is 10.2 Å². The number of nitrogens with zero attached hydrogens (tertiary/aromatic N) is 3. The lowest BCUT2D eigenvalue weighted by Crippen LogP contribution is -2.56. The third kappa shape index (κ3) is 11.1. The number of hydrogen-bond donors (Lipinski definition) is 3. The Morgan fingerprint density at radius 3 is 2.25 bits per heavy atom. The number of carbonyl (C=O) groups excluding carboxylic acids is 4. The zero-order valence-electron chi connectivity index (χ0n) is 29.7. The first-order valence-corrected chi connectivity index (χ1v) is 16.7. The summed E-state index contributed by atoms with van der Waals surface area (Å²) in [7, 11) is 1.52. The maximum atomic E-state index is 14.3. The van der Waals surface area contributed by atoms with Crippen molar-refractivity contribution in [3.63, 3.8) is 0 Å². The molecule has 3 amide bonds. The van der Waals surface area contributed by atoms with Gasteiger partial charge in [-0.1, -0.05) is 48.5 Å². The van der Waals surface area contributed by atoms with Crippen LogP contribution in [0.15, 0.2) is 91.4 Å². The standard InChI is InChI=1S/C38H43FN6O6.2ClH/c1-38(2,40)37(49)42-30(23-51-22-25-9-5-4-6-10-25)35(47)43-32-21-45(24-41-32)33(29-11-7-8-12-31(29)50-3)36(48)44-19-17-27(18-20-44)34(46)26-13-15-28(39)16-14-26;;/h4-16,21,24,27,30,33H,17-20,22-23,40H2,1-3H3,(H,42,49)(H,43,47);2*1H/t30-,33?;;/m1../s1. The number of hydrogen-bond acceptors (Lipinski definition) is 8. The lowest BCUT2D eigenvalue weighted by Gasteiger charge is -2.34. The average Bonchev–Trinajstić information content (AvgIpc) is 3.59.